The summed E-state index contributed by atoms with van der Waals surface area (Å²) >= 11 is 0. The van der Waals surface area contributed by atoms with E-state index in [0.29, 0.717) is 33.6 Å². The highest BCUT2D eigenvalue weighted by molar-refractivity contribution is 5.77. The van der Waals surface area contributed by atoms with Crippen LogP contribution >= 0.6 is 0 Å². The number of non-ortho nitro benzene ring substituents is 2. The second-order valence-electron chi connectivity index (χ2n) is 6.86. The Bertz CT molecular complexity index is 1260. The summed E-state index contributed by atoms with van der Waals surface area (Å²) < 4.78 is 27.2. The van der Waals surface area contributed by atoms with Gasteiger partial charge in [0.15, 0.2) is 11.6 Å². The first-order chi connectivity index (χ1) is 15.3. The molecular formula is C23H13F2N3O4. The lowest BCUT2D eigenvalue weighted by Crippen LogP contribution is -1.94. The maximum Gasteiger partial charge on any atom is 0.269 e. The minimum absolute atomic E-state index is 0.0823. The number of nitrogens with zero attached hydrogens (tertiary/aromatic N) is 3. The molecule has 0 N–H and O–H groups in total. The van der Waals surface area contributed by atoms with E-state index in [4.69, 9.17) is 0 Å². The van der Waals surface area contributed by atoms with Gasteiger partial charge in [-0.2, -0.15) is 0 Å². The van der Waals surface area contributed by atoms with Crippen molar-refractivity contribution in [2.75, 3.05) is 0 Å². The van der Waals surface area contributed by atoms with E-state index < -0.39 is 21.5 Å². The molecule has 0 atom stereocenters. The highest BCUT2D eigenvalue weighted by Gasteiger charge is 2.13. The van der Waals surface area contributed by atoms with Gasteiger partial charge in [0.2, 0.25) is 0 Å². The summed E-state index contributed by atoms with van der Waals surface area (Å²) in [5.41, 5.74) is 2.79. The molecule has 0 unspecified atom stereocenters. The number of nitro groups is 2. The van der Waals surface area contributed by atoms with Gasteiger partial charge in [-0.1, -0.05) is 6.07 Å². The van der Waals surface area contributed by atoms with Gasteiger partial charge in [-0.05, 0) is 59.7 Å². The summed E-state index contributed by atoms with van der Waals surface area (Å²) in [7, 11) is 0. The van der Waals surface area contributed by atoms with Gasteiger partial charge in [-0.25, -0.2) is 13.8 Å². The van der Waals surface area contributed by atoms with Gasteiger partial charge >= 0.3 is 0 Å². The molecule has 0 radical (unpaired) electrons. The van der Waals surface area contributed by atoms with Crippen LogP contribution in [0.1, 0.15) is 0 Å². The summed E-state index contributed by atoms with van der Waals surface area (Å²) in [6.07, 6.45) is 0. The maximum atomic E-state index is 13.8. The molecule has 4 aromatic rings. The second-order valence-corrected chi connectivity index (χ2v) is 6.86. The van der Waals surface area contributed by atoms with Gasteiger partial charge in [0.1, 0.15) is 0 Å². The van der Waals surface area contributed by atoms with Gasteiger partial charge in [-0.3, -0.25) is 20.2 Å². The van der Waals surface area contributed by atoms with E-state index in [2.05, 4.69) is 4.98 Å². The molecule has 0 spiro atoms. The van der Waals surface area contributed by atoms with Crippen molar-refractivity contribution in [1.82, 2.24) is 4.98 Å². The molecule has 0 aliphatic rings. The van der Waals surface area contributed by atoms with Crippen molar-refractivity contribution in [3.05, 3.63) is 111 Å². The molecule has 0 bridgehead atoms. The van der Waals surface area contributed by atoms with Crippen LogP contribution in [-0.4, -0.2) is 14.8 Å². The summed E-state index contributed by atoms with van der Waals surface area (Å²) in [4.78, 5) is 25.4. The zero-order valence-electron chi connectivity index (χ0n) is 16.2. The van der Waals surface area contributed by atoms with Gasteiger partial charge < -0.3 is 0 Å². The zero-order chi connectivity index (χ0) is 22.8. The molecule has 0 amide bonds. The summed E-state index contributed by atoms with van der Waals surface area (Å²) in [6.45, 7) is 0. The van der Waals surface area contributed by atoms with E-state index in [-0.39, 0.29) is 11.4 Å². The number of rotatable bonds is 5. The fraction of sp³-hybridized carbons (Fsp3) is 0. The van der Waals surface area contributed by atoms with Crippen molar-refractivity contribution in [2.24, 2.45) is 0 Å². The van der Waals surface area contributed by atoms with E-state index in [1.165, 1.54) is 54.6 Å². The van der Waals surface area contributed by atoms with Crippen LogP contribution < -0.4 is 0 Å². The maximum absolute atomic E-state index is 13.8. The summed E-state index contributed by atoms with van der Waals surface area (Å²) in [6, 6.07) is 18.3. The van der Waals surface area contributed by atoms with Crippen LogP contribution in [0.4, 0.5) is 20.2 Å². The predicted octanol–water partition coefficient (Wildman–Crippen LogP) is 6.18. The van der Waals surface area contributed by atoms with E-state index in [1.807, 2.05) is 0 Å². The Balaban J connectivity index is 1.87. The SMILES string of the molecule is O=[N+]([O-])c1ccc(-c2cc(-c3ccc(F)c(F)c3)cc(-c3ccc([N+](=O)[O-])cc3)n2)cc1. The molecule has 4 rings (SSSR count). The van der Waals surface area contributed by atoms with E-state index in [0.717, 1.165) is 12.1 Å². The number of pyridine rings is 1. The van der Waals surface area contributed by atoms with Crippen LogP contribution in [-0.2, 0) is 0 Å². The molecule has 158 valence electrons. The van der Waals surface area contributed by atoms with Crippen LogP contribution in [0.2, 0.25) is 0 Å². The Labute approximate surface area is 179 Å². The third kappa shape index (κ3) is 4.17. The average molecular weight is 433 g/mol. The lowest BCUT2D eigenvalue weighted by atomic mass is 9.99. The number of aromatic nitrogens is 1. The van der Waals surface area contributed by atoms with Crippen LogP contribution in [0.15, 0.2) is 78.9 Å². The smallest absolute Gasteiger partial charge is 0.258 e. The molecule has 1 aromatic heterocycles. The normalized spacial score (nSPS) is 10.7. The van der Waals surface area contributed by atoms with Gasteiger partial charge in [0, 0.05) is 35.4 Å². The van der Waals surface area contributed by atoms with E-state index in [9.17, 15) is 29.0 Å². The Morgan fingerprint density at radius 3 is 1.41 bits per heavy atom. The molecule has 9 heteroatoms. The van der Waals surface area contributed by atoms with Crippen LogP contribution in [0.5, 0.6) is 0 Å². The first-order valence-corrected chi connectivity index (χ1v) is 9.29. The zero-order valence-corrected chi connectivity index (χ0v) is 16.2. The molecule has 32 heavy (non-hydrogen) atoms. The van der Waals surface area contributed by atoms with Crippen molar-refractivity contribution in [2.45, 2.75) is 0 Å². The minimum atomic E-state index is -1.01. The Morgan fingerprint density at radius 2 is 1.00 bits per heavy atom. The standard InChI is InChI=1S/C23H13F2N3O4/c24-20-10-5-16(11-21(20)25)17-12-22(14-1-6-18(7-2-14)27(29)30)26-23(13-17)15-3-8-19(9-4-15)28(31)32/h1-13H. The highest BCUT2D eigenvalue weighted by Crippen LogP contribution is 2.32. The molecule has 3 aromatic carbocycles. The summed E-state index contributed by atoms with van der Waals surface area (Å²) in [5.74, 6) is -1.98. The van der Waals surface area contributed by atoms with Crippen molar-refractivity contribution < 1.29 is 18.6 Å². The van der Waals surface area contributed by atoms with Crippen LogP contribution in [0.3, 0.4) is 0 Å². The molecule has 7 nitrogen and oxygen atoms in total. The first kappa shape index (κ1) is 20.7. The van der Waals surface area contributed by atoms with Crippen molar-refractivity contribution >= 4 is 11.4 Å². The number of hydrogen-bond donors (Lipinski definition) is 0. The molecule has 0 aliphatic heterocycles. The quantitative estimate of drug-likeness (QED) is 0.276. The Kier molecular flexibility index (Phi) is 5.38. The number of hydrogen-bond acceptors (Lipinski definition) is 5. The van der Waals surface area contributed by atoms with Crippen molar-refractivity contribution in [3.8, 4) is 33.6 Å². The van der Waals surface area contributed by atoms with Crippen molar-refractivity contribution in [3.63, 3.8) is 0 Å². The highest BCUT2D eigenvalue weighted by atomic mass is 19.2. The van der Waals surface area contributed by atoms with Crippen LogP contribution in [0, 0.1) is 31.9 Å². The van der Waals surface area contributed by atoms with Gasteiger partial charge in [0.25, 0.3) is 11.4 Å². The molecule has 0 saturated carbocycles. The molecule has 0 aliphatic carbocycles. The first-order valence-electron chi connectivity index (χ1n) is 9.29. The molecule has 1 heterocycles. The Hall–Kier alpha value is -4.53. The fourth-order valence-corrected chi connectivity index (χ4v) is 3.18. The lowest BCUT2D eigenvalue weighted by molar-refractivity contribution is -0.385. The molecule has 0 saturated heterocycles. The number of halogens is 2. The minimum Gasteiger partial charge on any atom is -0.258 e. The predicted molar refractivity (Wildman–Crippen MR) is 114 cm³/mol. The summed E-state index contributed by atoms with van der Waals surface area (Å²) in [5, 5.41) is 21.9. The third-order valence-corrected chi connectivity index (χ3v) is 4.83. The second kappa shape index (κ2) is 8.31. The average Bonchev–Trinajstić information content (AvgIpc) is 2.80. The van der Waals surface area contributed by atoms with E-state index >= 15 is 0 Å². The monoisotopic (exact) mass is 433 g/mol. The molecular weight excluding hydrogens is 420 g/mol. The van der Waals surface area contributed by atoms with Crippen molar-refractivity contribution in [1.29, 1.82) is 0 Å². The topological polar surface area (TPSA) is 99.2 Å². The largest absolute Gasteiger partial charge is 0.269 e. The third-order valence-electron chi connectivity index (χ3n) is 4.83. The number of nitro benzene ring substituents is 2. The number of benzene rings is 3. The lowest BCUT2D eigenvalue weighted by Gasteiger charge is -2.10. The van der Waals surface area contributed by atoms with Gasteiger partial charge in [-0.15, -0.1) is 0 Å². The van der Waals surface area contributed by atoms with Gasteiger partial charge in [0.05, 0.1) is 21.2 Å². The Morgan fingerprint density at radius 1 is 0.562 bits per heavy atom. The van der Waals surface area contributed by atoms with E-state index in [1.54, 1.807) is 12.1 Å². The fourth-order valence-electron chi connectivity index (χ4n) is 3.18. The van der Waals surface area contributed by atoms with Crippen LogP contribution in [0.25, 0.3) is 33.6 Å². The molecule has 0 fully saturated rings.